The van der Waals surface area contributed by atoms with Crippen molar-refractivity contribution in [1.82, 2.24) is 4.90 Å². The molecule has 1 saturated carbocycles. The van der Waals surface area contributed by atoms with Gasteiger partial charge in [0.25, 0.3) is 0 Å². The highest BCUT2D eigenvalue weighted by Crippen LogP contribution is 2.61. The Kier molecular flexibility index (Phi) is 5.32. The molecule has 3 aromatic carbocycles. The van der Waals surface area contributed by atoms with Gasteiger partial charge in [0.05, 0.1) is 17.8 Å². The van der Waals surface area contributed by atoms with E-state index in [1.54, 1.807) is 29.2 Å². The molecule has 1 aliphatic heterocycles. The van der Waals surface area contributed by atoms with Crippen molar-refractivity contribution in [2.45, 2.75) is 43.6 Å². The predicted molar refractivity (Wildman–Crippen MR) is 139 cm³/mol. The number of amides is 2. The monoisotopic (exact) mass is 505 g/mol. The van der Waals surface area contributed by atoms with E-state index in [1.165, 1.54) is 22.3 Å². The van der Waals surface area contributed by atoms with Crippen molar-refractivity contribution in [3.63, 3.8) is 0 Å². The van der Waals surface area contributed by atoms with Gasteiger partial charge in [-0.25, -0.2) is 0 Å². The van der Waals surface area contributed by atoms with Crippen molar-refractivity contribution in [2.75, 3.05) is 0 Å². The first-order valence-electron chi connectivity index (χ1n) is 13.4. The maximum Gasteiger partial charge on any atom is 0.314 e. The summed E-state index contributed by atoms with van der Waals surface area (Å²) in [5.74, 6) is -1.22. The van der Waals surface area contributed by atoms with E-state index < -0.39 is 0 Å². The van der Waals surface area contributed by atoms with Gasteiger partial charge in [-0.3, -0.25) is 24.1 Å². The molecule has 6 heteroatoms. The number of aldehydes is 1. The maximum atomic E-state index is 14.0. The topological polar surface area (TPSA) is 80.8 Å². The van der Waals surface area contributed by atoms with E-state index in [0.717, 1.165) is 6.29 Å². The average molecular weight is 506 g/mol. The minimum absolute atomic E-state index is 0.0553. The number of benzene rings is 3. The van der Waals surface area contributed by atoms with Crippen LogP contribution in [0.3, 0.4) is 0 Å². The summed E-state index contributed by atoms with van der Waals surface area (Å²) in [5, 5.41) is 0. The first-order chi connectivity index (χ1) is 18.6. The van der Waals surface area contributed by atoms with Crippen LogP contribution >= 0.6 is 0 Å². The van der Waals surface area contributed by atoms with Gasteiger partial charge in [0.1, 0.15) is 12.0 Å². The average Bonchev–Trinajstić information content (AvgIpc) is 3.23. The van der Waals surface area contributed by atoms with Crippen LogP contribution in [-0.2, 0) is 14.4 Å². The van der Waals surface area contributed by atoms with Crippen molar-refractivity contribution in [1.29, 1.82) is 0 Å². The van der Waals surface area contributed by atoms with Crippen LogP contribution in [0.5, 0.6) is 5.75 Å². The van der Waals surface area contributed by atoms with Crippen molar-refractivity contribution < 1.29 is 23.9 Å². The van der Waals surface area contributed by atoms with E-state index in [4.69, 9.17) is 4.74 Å². The van der Waals surface area contributed by atoms with E-state index in [2.05, 4.69) is 24.3 Å². The summed E-state index contributed by atoms with van der Waals surface area (Å²) >= 11 is 0. The van der Waals surface area contributed by atoms with Gasteiger partial charge in [0.2, 0.25) is 11.8 Å². The van der Waals surface area contributed by atoms with Gasteiger partial charge < -0.3 is 4.74 Å². The summed E-state index contributed by atoms with van der Waals surface area (Å²) in [6, 6.07) is 22.8. The van der Waals surface area contributed by atoms with E-state index in [9.17, 15) is 19.2 Å². The van der Waals surface area contributed by atoms with Gasteiger partial charge in [0.15, 0.2) is 0 Å². The molecule has 38 heavy (non-hydrogen) atoms. The fourth-order valence-electron chi connectivity index (χ4n) is 7.44. The summed E-state index contributed by atoms with van der Waals surface area (Å²) in [6.45, 7) is 0. The van der Waals surface area contributed by atoms with Crippen LogP contribution in [0, 0.1) is 17.8 Å². The second kappa shape index (κ2) is 8.76. The second-order valence-corrected chi connectivity index (χ2v) is 10.9. The number of esters is 1. The highest BCUT2D eigenvalue weighted by molar-refractivity contribution is 6.08. The number of hydrogen-bond acceptors (Lipinski definition) is 5. The van der Waals surface area contributed by atoms with Gasteiger partial charge in [-0.1, -0.05) is 48.5 Å². The van der Waals surface area contributed by atoms with Gasteiger partial charge in [-0.15, -0.1) is 0 Å². The Morgan fingerprint density at radius 1 is 0.711 bits per heavy atom. The van der Waals surface area contributed by atoms with Crippen LogP contribution < -0.4 is 4.74 Å². The number of carbonyl (C=O) groups is 4. The number of likely N-dealkylation sites (tertiary alicyclic amines) is 1. The number of carbonyl (C=O) groups excluding carboxylic acids is 4. The molecule has 2 amide bonds. The molecule has 0 aromatic heterocycles. The fraction of sp³-hybridized carbons (Fsp3) is 0.312. The van der Waals surface area contributed by atoms with Gasteiger partial charge in [0, 0.05) is 23.4 Å². The Bertz CT molecular complexity index is 1350. The van der Waals surface area contributed by atoms with Crippen LogP contribution in [0.15, 0.2) is 72.8 Å². The highest BCUT2D eigenvalue weighted by Gasteiger charge is 2.62. The van der Waals surface area contributed by atoms with E-state index in [1.807, 2.05) is 24.3 Å². The zero-order chi connectivity index (χ0) is 26.0. The van der Waals surface area contributed by atoms with E-state index >= 15 is 0 Å². The fourth-order valence-corrected chi connectivity index (χ4v) is 7.44. The van der Waals surface area contributed by atoms with Crippen LogP contribution in [-0.4, -0.2) is 35.0 Å². The smallest absolute Gasteiger partial charge is 0.314 e. The Hall–Kier alpha value is -4.06. The van der Waals surface area contributed by atoms with Gasteiger partial charge in [-0.05, 0) is 72.2 Å². The van der Waals surface area contributed by atoms with Crippen LogP contribution in [0.1, 0.15) is 70.1 Å². The van der Waals surface area contributed by atoms with Crippen LogP contribution in [0.4, 0.5) is 0 Å². The van der Waals surface area contributed by atoms with Gasteiger partial charge >= 0.3 is 5.97 Å². The molecule has 8 rings (SSSR count). The standard InChI is InChI=1S/C32H27NO5/c34-17-18-9-15-21(16-10-18)38-32(37)19-11-13-20(14-12-19)33-30(35)28-26-22-5-1-2-6-23(22)27(29(28)31(33)36)25-8-4-3-7-24(25)26/h1-10,15-17,19-20,26-29H,11-14H2/t19?,20?,26?,27?,28-,29-/m0/s1. The largest absolute Gasteiger partial charge is 0.426 e. The molecule has 2 bridgehead atoms. The number of imide groups is 1. The van der Waals surface area contributed by atoms with Crippen molar-refractivity contribution in [3.8, 4) is 5.75 Å². The summed E-state index contributed by atoms with van der Waals surface area (Å²) in [6.07, 6.45) is 3.06. The molecule has 3 aromatic rings. The molecule has 2 fully saturated rings. The summed E-state index contributed by atoms with van der Waals surface area (Å²) < 4.78 is 5.54. The second-order valence-electron chi connectivity index (χ2n) is 10.9. The SMILES string of the molecule is O=Cc1ccc(OC(=O)C2CCC(N3C(=O)[C@H]4C5c6ccccc6C(c6ccccc65)[C@@H]4C3=O)CC2)cc1. The van der Waals surface area contributed by atoms with Crippen LogP contribution in [0.2, 0.25) is 0 Å². The van der Waals surface area contributed by atoms with Crippen LogP contribution in [0.25, 0.3) is 0 Å². The predicted octanol–water partition coefficient (Wildman–Crippen LogP) is 4.86. The quantitative estimate of drug-likeness (QED) is 0.219. The van der Waals surface area contributed by atoms with E-state index in [0.29, 0.717) is 37.0 Å². The van der Waals surface area contributed by atoms with Crippen molar-refractivity contribution in [3.05, 3.63) is 101 Å². The number of nitrogens with zero attached hydrogens (tertiary/aromatic N) is 1. The zero-order valence-electron chi connectivity index (χ0n) is 20.8. The highest BCUT2D eigenvalue weighted by atomic mass is 16.5. The Balaban J connectivity index is 1.10. The third-order valence-corrected chi connectivity index (χ3v) is 9.11. The molecule has 6 nitrogen and oxygen atoms in total. The number of hydrogen-bond donors (Lipinski definition) is 0. The molecule has 1 heterocycles. The lowest BCUT2D eigenvalue weighted by atomic mass is 9.55. The lowest BCUT2D eigenvalue weighted by Gasteiger charge is -2.45. The lowest BCUT2D eigenvalue weighted by Crippen LogP contribution is -2.44. The van der Waals surface area contributed by atoms with Gasteiger partial charge in [-0.2, -0.15) is 0 Å². The minimum atomic E-state index is -0.366. The summed E-state index contributed by atoms with van der Waals surface area (Å²) in [4.78, 5) is 53.1. The minimum Gasteiger partial charge on any atom is -0.426 e. The molecule has 5 aliphatic rings. The molecule has 2 atom stereocenters. The molecular formula is C32H27NO5. The Morgan fingerprint density at radius 2 is 1.18 bits per heavy atom. The third kappa shape index (κ3) is 3.32. The Labute approximate surface area is 220 Å². The van der Waals surface area contributed by atoms with Crippen molar-refractivity contribution >= 4 is 24.1 Å². The first-order valence-corrected chi connectivity index (χ1v) is 13.4. The molecule has 0 spiro atoms. The normalized spacial score (nSPS) is 28.9. The molecule has 1 saturated heterocycles. The summed E-state index contributed by atoms with van der Waals surface area (Å²) in [7, 11) is 0. The van der Waals surface area contributed by atoms with Crippen molar-refractivity contribution in [2.24, 2.45) is 17.8 Å². The Morgan fingerprint density at radius 3 is 1.63 bits per heavy atom. The molecule has 4 aliphatic carbocycles. The van der Waals surface area contributed by atoms with E-state index in [-0.39, 0.29) is 53.4 Å². The number of ether oxygens (including phenoxy) is 1. The summed E-state index contributed by atoms with van der Waals surface area (Å²) in [5.41, 5.74) is 5.22. The first kappa shape index (κ1) is 23.1. The zero-order valence-corrected chi connectivity index (χ0v) is 20.8. The molecule has 190 valence electrons. The molecule has 0 radical (unpaired) electrons. The molecular weight excluding hydrogens is 478 g/mol. The molecule has 0 N–H and O–H groups in total. The lowest BCUT2D eigenvalue weighted by molar-refractivity contribution is -0.144. The maximum absolute atomic E-state index is 14.0. The third-order valence-electron chi connectivity index (χ3n) is 9.11. The number of rotatable bonds is 4. The molecule has 0 unspecified atom stereocenters.